The summed E-state index contributed by atoms with van der Waals surface area (Å²) in [6.07, 6.45) is 0. The number of nitrogens with zero attached hydrogens (tertiary/aromatic N) is 2. The van der Waals surface area contributed by atoms with Crippen LogP contribution >= 0.6 is 0 Å². The van der Waals surface area contributed by atoms with Crippen molar-refractivity contribution in [1.29, 1.82) is 0 Å². The van der Waals surface area contributed by atoms with Crippen molar-refractivity contribution in [3.05, 3.63) is 65.0 Å². The highest BCUT2D eigenvalue weighted by Gasteiger charge is 2.23. The first kappa shape index (κ1) is 27.3. The molecule has 208 valence electrons. The van der Waals surface area contributed by atoms with Crippen LogP contribution in [0.15, 0.2) is 64.3 Å². The number of fused-ring (bicyclic) bond motifs is 5. The van der Waals surface area contributed by atoms with Gasteiger partial charge in [0.05, 0.1) is 44.2 Å². The van der Waals surface area contributed by atoms with Crippen molar-refractivity contribution in [2.45, 2.75) is 4.90 Å². The van der Waals surface area contributed by atoms with Crippen molar-refractivity contribution in [3.8, 4) is 34.1 Å². The van der Waals surface area contributed by atoms with E-state index in [9.17, 15) is 13.2 Å². The van der Waals surface area contributed by atoms with E-state index in [2.05, 4.69) is 0 Å². The van der Waals surface area contributed by atoms with Gasteiger partial charge in [0.1, 0.15) is 0 Å². The summed E-state index contributed by atoms with van der Waals surface area (Å²) in [5.41, 5.74) is 1.92. The van der Waals surface area contributed by atoms with Gasteiger partial charge in [-0.25, -0.2) is 12.7 Å². The monoisotopic (exact) mass is 562 g/mol. The van der Waals surface area contributed by atoms with Gasteiger partial charge in [-0.1, -0.05) is 24.3 Å². The van der Waals surface area contributed by atoms with Crippen LogP contribution in [0, 0.1) is 0 Å². The number of hydrogen-bond acceptors (Lipinski definition) is 7. The molecular formula is C30H30N2O7S. The SMILES string of the molecule is COc1cc2c(ccc3c4ccc(OC)c(OC)c4c(=O)n(C)c23)c(-c2ccc(S(=O)(=O)N(C)C)cc2)c1OC. The fourth-order valence-electron chi connectivity index (χ4n) is 5.27. The third-order valence-corrected chi connectivity index (χ3v) is 9.08. The van der Waals surface area contributed by atoms with Gasteiger partial charge in [-0.05, 0) is 41.3 Å². The van der Waals surface area contributed by atoms with E-state index in [0.29, 0.717) is 39.5 Å². The second-order valence-electron chi connectivity index (χ2n) is 9.44. The summed E-state index contributed by atoms with van der Waals surface area (Å²) >= 11 is 0. The highest BCUT2D eigenvalue weighted by atomic mass is 32.2. The lowest BCUT2D eigenvalue weighted by Crippen LogP contribution is -2.22. The summed E-state index contributed by atoms with van der Waals surface area (Å²) in [4.78, 5) is 13.9. The van der Waals surface area contributed by atoms with Gasteiger partial charge >= 0.3 is 0 Å². The third-order valence-electron chi connectivity index (χ3n) is 7.25. The zero-order chi connectivity index (χ0) is 28.9. The summed E-state index contributed by atoms with van der Waals surface area (Å²) in [5.74, 6) is 1.82. The highest BCUT2D eigenvalue weighted by Crippen LogP contribution is 2.47. The Morgan fingerprint density at radius 2 is 1.30 bits per heavy atom. The molecular weight excluding hydrogens is 532 g/mol. The zero-order valence-electron chi connectivity index (χ0n) is 23.4. The lowest BCUT2D eigenvalue weighted by atomic mass is 9.93. The number of aromatic nitrogens is 1. The highest BCUT2D eigenvalue weighted by molar-refractivity contribution is 7.89. The minimum absolute atomic E-state index is 0.177. The van der Waals surface area contributed by atoms with E-state index in [0.717, 1.165) is 27.1 Å². The number of sulfonamides is 1. The molecule has 1 aromatic heterocycles. The summed E-state index contributed by atoms with van der Waals surface area (Å²) in [7, 11) is 7.27. The average Bonchev–Trinajstić information content (AvgIpc) is 2.97. The molecule has 10 heteroatoms. The van der Waals surface area contributed by atoms with Gasteiger partial charge in [-0.15, -0.1) is 0 Å². The van der Waals surface area contributed by atoms with Crippen molar-refractivity contribution in [3.63, 3.8) is 0 Å². The molecule has 0 amide bonds. The van der Waals surface area contributed by atoms with Crippen LogP contribution in [0.4, 0.5) is 0 Å². The molecule has 0 radical (unpaired) electrons. The Kier molecular flexibility index (Phi) is 6.85. The average molecular weight is 563 g/mol. The van der Waals surface area contributed by atoms with Gasteiger partial charge in [0.2, 0.25) is 10.0 Å². The van der Waals surface area contributed by atoms with Gasteiger partial charge in [0.25, 0.3) is 5.56 Å². The maximum absolute atomic E-state index is 13.8. The van der Waals surface area contributed by atoms with E-state index in [-0.39, 0.29) is 10.5 Å². The lowest BCUT2D eigenvalue weighted by Gasteiger charge is -2.20. The van der Waals surface area contributed by atoms with Crippen molar-refractivity contribution in [2.24, 2.45) is 7.05 Å². The van der Waals surface area contributed by atoms with E-state index >= 15 is 0 Å². The largest absolute Gasteiger partial charge is 0.493 e. The first-order chi connectivity index (χ1) is 19.1. The molecule has 5 rings (SSSR count). The van der Waals surface area contributed by atoms with Gasteiger partial charge in [0.15, 0.2) is 23.0 Å². The van der Waals surface area contributed by atoms with Crippen LogP contribution < -0.4 is 24.5 Å². The summed E-state index contributed by atoms with van der Waals surface area (Å²) in [5, 5.41) is 3.58. The minimum Gasteiger partial charge on any atom is -0.493 e. The molecule has 0 spiro atoms. The van der Waals surface area contributed by atoms with Crippen molar-refractivity contribution in [1.82, 2.24) is 8.87 Å². The Hall–Kier alpha value is -4.28. The molecule has 5 aromatic rings. The number of methoxy groups -OCH3 is 4. The lowest BCUT2D eigenvalue weighted by molar-refractivity contribution is 0.357. The molecule has 0 atom stereocenters. The molecule has 4 aromatic carbocycles. The van der Waals surface area contributed by atoms with E-state index in [1.54, 1.807) is 56.2 Å². The molecule has 9 nitrogen and oxygen atoms in total. The van der Waals surface area contributed by atoms with E-state index in [1.165, 1.54) is 32.6 Å². The molecule has 40 heavy (non-hydrogen) atoms. The topological polar surface area (TPSA) is 96.3 Å². The Balaban J connectivity index is 1.91. The van der Waals surface area contributed by atoms with E-state index in [1.807, 2.05) is 24.3 Å². The first-order valence-corrected chi connectivity index (χ1v) is 13.8. The van der Waals surface area contributed by atoms with Crippen LogP contribution in [0.2, 0.25) is 0 Å². The standard InChI is InChI=1S/C30H30N2O7S/c1-31(2)40(34,35)18-10-8-17(9-11-18)25-20-12-13-21-19-14-15-23(36-4)28(38-6)26(19)30(33)32(3)27(21)22(20)16-24(37-5)29(25)39-7/h8-16H,1-7H3. The fourth-order valence-corrected chi connectivity index (χ4v) is 6.17. The van der Waals surface area contributed by atoms with Gasteiger partial charge in [-0.3, -0.25) is 4.79 Å². The fraction of sp³-hybridized carbons (Fsp3) is 0.233. The van der Waals surface area contributed by atoms with Gasteiger partial charge in [0, 0.05) is 42.9 Å². The summed E-state index contributed by atoms with van der Waals surface area (Å²) in [6, 6.07) is 16.1. The molecule has 0 aliphatic carbocycles. The summed E-state index contributed by atoms with van der Waals surface area (Å²) < 4.78 is 50.7. The van der Waals surface area contributed by atoms with Crippen molar-refractivity contribution < 1.29 is 27.4 Å². The van der Waals surface area contributed by atoms with Gasteiger partial charge < -0.3 is 23.5 Å². The summed E-state index contributed by atoms with van der Waals surface area (Å²) in [6.45, 7) is 0. The number of aryl methyl sites for hydroxylation is 1. The van der Waals surface area contributed by atoms with Crippen LogP contribution in [-0.4, -0.2) is 59.8 Å². The number of benzene rings is 4. The first-order valence-electron chi connectivity index (χ1n) is 12.4. The molecule has 0 aliphatic heterocycles. The second-order valence-corrected chi connectivity index (χ2v) is 11.6. The number of ether oxygens (including phenoxy) is 4. The molecule has 0 aliphatic rings. The van der Waals surface area contributed by atoms with E-state index < -0.39 is 10.0 Å². The number of rotatable bonds is 7. The Morgan fingerprint density at radius 3 is 1.88 bits per heavy atom. The normalized spacial score (nSPS) is 11.9. The molecule has 0 saturated heterocycles. The smallest absolute Gasteiger partial charge is 0.262 e. The maximum Gasteiger partial charge on any atom is 0.262 e. The Labute approximate surface area is 232 Å². The number of hydrogen-bond donors (Lipinski definition) is 0. The molecule has 0 N–H and O–H groups in total. The van der Waals surface area contributed by atoms with Crippen LogP contribution in [-0.2, 0) is 17.1 Å². The Morgan fingerprint density at radius 1 is 0.700 bits per heavy atom. The van der Waals surface area contributed by atoms with Crippen molar-refractivity contribution >= 4 is 42.5 Å². The molecule has 0 bridgehead atoms. The van der Waals surface area contributed by atoms with Crippen LogP contribution in [0.25, 0.3) is 43.6 Å². The molecule has 0 unspecified atom stereocenters. The number of pyridine rings is 1. The van der Waals surface area contributed by atoms with Gasteiger partial charge in [-0.2, -0.15) is 0 Å². The van der Waals surface area contributed by atoms with Crippen molar-refractivity contribution in [2.75, 3.05) is 42.5 Å². The molecule has 1 heterocycles. The van der Waals surface area contributed by atoms with E-state index in [4.69, 9.17) is 18.9 Å². The second kappa shape index (κ2) is 10.0. The minimum atomic E-state index is -3.60. The quantitative estimate of drug-likeness (QED) is 0.263. The predicted octanol–water partition coefficient (Wildman–Crippen LogP) is 4.80. The molecule has 0 saturated carbocycles. The Bertz CT molecular complexity index is 1960. The third kappa shape index (κ3) is 3.94. The van der Waals surface area contributed by atoms with Crippen LogP contribution in [0.1, 0.15) is 0 Å². The zero-order valence-corrected chi connectivity index (χ0v) is 24.2. The van der Waals surface area contributed by atoms with Crippen LogP contribution in [0.3, 0.4) is 0 Å². The molecule has 0 fully saturated rings. The maximum atomic E-state index is 13.8. The predicted molar refractivity (Wildman–Crippen MR) is 157 cm³/mol. The van der Waals surface area contributed by atoms with Crippen LogP contribution in [0.5, 0.6) is 23.0 Å².